The standard InChI is InChI=1S/C22H28NO4P/c1-28(2,25)12-11-17-9-6-10-19(13-17)14-20(21-16-26-21)23-22(24)27-15-18-7-4-3-5-8-18/h3-10,13,20-21H,11-12,14-16H2,1-2H3,(H,23,24)/t20?,21-/m0/s1. The fraction of sp³-hybridized carbons (Fsp3) is 0.409. The zero-order valence-electron chi connectivity index (χ0n) is 16.5. The van der Waals surface area contributed by atoms with Crippen molar-refractivity contribution < 1.29 is 18.8 Å². The zero-order valence-corrected chi connectivity index (χ0v) is 17.4. The highest BCUT2D eigenvalue weighted by molar-refractivity contribution is 7.62. The molecule has 1 heterocycles. The third-order valence-corrected chi connectivity index (χ3v) is 6.01. The molecule has 5 nitrogen and oxygen atoms in total. The van der Waals surface area contributed by atoms with Gasteiger partial charge in [0.25, 0.3) is 0 Å². The molecule has 0 saturated carbocycles. The third-order valence-electron chi connectivity index (χ3n) is 4.71. The summed E-state index contributed by atoms with van der Waals surface area (Å²) in [6, 6.07) is 17.7. The predicted molar refractivity (Wildman–Crippen MR) is 111 cm³/mol. The normalized spacial score (nSPS) is 17.0. The number of amides is 1. The molecule has 1 fully saturated rings. The van der Waals surface area contributed by atoms with Crippen LogP contribution in [0.3, 0.4) is 0 Å². The van der Waals surface area contributed by atoms with Crippen LogP contribution in [-0.2, 0) is 33.5 Å². The molecule has 0 bridgehead atoms. The maximum atomic E-state index is 12.2. The van der Waals surface area contributed by atoms with Gasteiger partial charge in [-0.25, -0.2) is 4.79 Å². The Morgan fingerprint density at radius 2 is 1.82 bits per heavy atom. The van der Waals surface area contributed by atoms with Crippen molar-refractivity contribution in [3.05, 3.63) is 71.3 Å². The number of carbonyl (C=O) groups excluding carboxylic acids is 1. The Labute approximate surface area is 166 Å². The van der Waals surface area contributed by atoms with Gasteiger partial charge in [0.1, 0.15) is 12.7 Å². The fourth-order valence-corrected chi connectivity index (χ4v) is 3.84. The van der Waals surface area contributed by atoms with E-state index in [4.69, 9.17) is 9.47 Å². The minimum Gasteiger partial charge on any atom is -0.445 e. The van der Waals surface area contributed by atoms with Crippen LogP contribution in [0.1, 0.15) is 16.7 Å². The zero-order chi connectivity index (χ0) is 20.0. The monoisotopic (exact) mass is 401 g/mol. The molecule has 1 amide bonds. The summed E-state index contributed by atoms with van der Waals surface area (Å²) in [4.78, 5) is 12.2. The molecule has 150 valence electrons. The summed E-state index contributed by atoms with van der Waals surface area (Å²) in [5, 5.41) is 2.94. The SMILES string of the molecule is CP(C)(=O)CCc1cccc(CC(NC(=O)OCc2ccccc2)[C@@H]2CO2)c1. The highest BCUT2D eigenvalue weighted by Crippen LogP contribution is 2.36. The van der Waals surface area contributed by atoms with Crippen molar-refractivity contribution in [2.24, 2.45) is 0 Å². The highest BCUT2D eigenvalue weighted by atomic mass is 31.2. The number of hydrogen-bond acceptors (Lipinski definition) is 4. The number of ether oxygens (including phenoxy) is 2. The van der Waals surface area contributed by atoms with Gasteiger partial charge in [-0.05, 0) is 42.9 Å². The van der Waals surface area contributed by atoms with Gasteiger partial charge >= 0.3 is 6.09 Å². The summed E-state index contributed by atoms with van der Waals surface area (Å²) in [5.74, 6) is 0. The van der Waals surface area contributed by atoms with E-state index in [9.17, 15) is 9.36 Å². The summed E-state index contributed by atoms with van der Waals surface area (Å²) in [5.41, 5.74) is 3.25. The maximum absolute atomic E-state index is 12.2. The van der Waals surface area contributed by atoms with E-state index in [0.717, 1.165) is 17.5 Å². The molecule has 0 radical (unpaired) electrons. The van der Waals surface area contributed by atoms with Crippen LogP contribution in [-0.4, -0.2) is 44.3 Å². The van der Waals surface area contributed by atoms with Crippen molar-refractivity contribution in [2.45, 2.75) is 31.6 Å². The molecule has 2 aromatic rings. The van der Waals surface area contributed by atoms with Gasteiger partial charge in [0.15, 0.2) is 0 Å². The molecule has 2 aromatic carbocycles. The predicted octanol–water partition coefficient (Wildman–Crippen LogP) is 4.09. The number of alkyl carbamates (subject to hydrolysis) is 1. The first-order chi connectivity index (χ1) is 13.4. The van der Waals surface area contributed by atoms with Gasteiger partial charge in [-0.3, -0.25) is 0 Å². The topological polar surface area (TPSA) is 67.9 Å². The summed E-state index contributed by atoms with van der Waals surface area (Å²) in [6.07, 6.45) is 1.78. The van der Waals surface area contributed by atoms with Gasteiger partial charge in [0.2, 0.25) is 0 Å². The van der Waals surface area contributed by atoms with Crippen molar-refractivity contribution in [1.82, 2.24) is 5.32 Å². The lowest BCUT2D eigenvalue weighted by Crippen LogP contribution is -2.40. The molecule has 1 unspecified atom stereocenters. The summed E-state index contributed by atoms with van der Waals surface area (Å²) < 4.78 is 22.7. The Hall–Kier alpha value is -2.10. The van der Waals surface area contributed by atoms with Crippen LogP contribution in [0, 0.1) is 0 Å². The Balaban J connectivity index is 1.54. The molecule has 3 rings (SSSR count). The van der Waals surface area contributed by atoms with E-state index in [1.165, 1.54) is 5.56 Å². The largest absolute Gasteiger partial charge is 0.445 e. The molecule has 0 aromatic heterocycles. The summed E-state index contributed by atoms with van der Waals surface area (Å²) in [6.45, 7) is 4.54. The van der Waals surface area contributed by atoms with Crippen molar-refractivity contribution in [3.63, 3.8) is 0 Å². The first kappa shape index (κ1) is 20.6. The minimum atomic E-state index is -2.03. The van der Waals surface area contributed by atoms with Gasteiger partial charge in [0, 0.05) is 6.16 Å². The van der Waals surface area contributed by atoms with E-state index in [0.29, 0.717) is 19.2 Å². The number of nitrogens with one attached hydrogen (secondary N) is 1. The fourth-order valence-electron chi connectivity index (χ4n) is 3.04. The van der Waals surface area contributed by atoms with E-state index in [1.807, 2.05) is 55.8 Å². The van der Waals surface area contributed by atoms with Crippen LogP contribution >= 0.6 is 7.14 Å². The number of rotatable bonds is 9. The average Bonchev–Trinajstić information content (AvgIpc) is 3.50. The van der Waals surface area contributed by atoms with E-state index >= 15 is 0 Å². The average molecular weight is 401 g/mol. The van der Waals surface area contributed by atoms with Crippen LogP contribution in [0.2, 0.25) is 0 Å². The van der Waals surface area contributed by atoms with E-state index < -0.39 is 13.2 Å². The van der Waals surface area contributed by atoms with Crippen molar-refractivity contribution in [1.29, 1.82) is 0 Å². The van der Waals surface area contributed by atoms with E-state index in [1.54, 1.807) is 0 Å². The molecular formula is C22H28NO4P. The van der Waals surface area contributed by atoms with Crippen LogP contribution in [0.4, 0.5) is 4.79 Å². The maximum Gasteiger partial charge on any atom is 0.407 e. The molecule has 0 spiro atoms. The van der Waals surface area contributed by atoms with Crippen molar-refractivity contribution in [3.8, 4) is 0 Å². The lowest BCUT2D eigenvalue weighted by atomic mass is 10.0. The lowest BCUT2D eigenvalue weighted by molar-refractivity contribution is 0.133. The quantitative estimate of drug-likeness (QED) is 0.508. The second-order valence-corrected chi connectivity index (χ2v) is 11.4. The Morgan fingerprint density at radius 1 is 1.14 bits per heavy atom. The number of carbonyl (C=O) groups is 1. The smallest absolute Gasteiger partial charge is 0.407 e. The van der Waals surface area contributed by atoms with Crippen molar-refractivity contribution >= 4 is 13.2 Å². The molecular weight excluding hydrogens is 373 g/mol. The first-order valence-corrected chi connectivity index (χ1v) is 12.4. The number of epoxide rings is 1. The van der Waals surface area contributed by atoms with Crippen LogP contribution < -0.4 is 5.32 Å². The van der Waals surface area contributed by atoms with Crippen LogP contribution in [0.5, 0.6) is 0 Å². The lowest BCUT2D eigenvalue weighted by Gasteiger charge is -2.17. The second kappa shape index (κ2) is 9.40. The molecule has 1 aliphatic heterocycles. The molecule has 1 aliphatic rings. The molecule has 2 atom stereocenters. The van der Waals surface area contributed by atoms with Gasteiger partial charge in [-0.1, -0.05) is 54.6 Å². The van der Waals surface area contributed by atoms with Crippen LogP contribution in [0.25, 0.3) is 0 Å². The first-order valence-electron chi connectivity index (χ1n) is 9.60. The Morgan fingerprint density at radius 3 is 2.50 bits per heavy atom. The molecule has 6 heteroatoms. The summed E-state index contributed by atoms with van der Waals surface area (Å²) in [7, 11) is -2.03. The third kappa shape index (κ3) is 7.14. The second-order valence-electron chi connectivity index (χ2n) is 7.76. The van der Waals surface area contributed by atoms with Crippen molar-refractivity contribution in [2.75, 3.05) is 26.1 Å². The number of hydrogen-bond donors (Lipinski definition) is 1. The number of aryl methyl sites for hydroxylation is 1. The summed E-state index contributed by atoms with van der Waals surface area (Å²) >= 11 is 0. The highest BCUT2D eigenvalue weighted by Gasteiger charge is 2.34. The Kier molecular flexibility index (Phi) is 6.93. The van der Waals surface area contributed by atoms with Crippen LogP contribution in [0.15, 0.2) is 54.6 Å². The molecule has 28 heavy (non-hydrogen) atoms. The van der Waals surface area contributed by atoms with Gasteiger partial charge < -0.3 is 19.4 Å². The molecule has 1 N–H and O–H groups in total. The Bertz CT molecular complexity index is 829. The van der Waals surface area contributed by atoms with Gasteiger partial charge in [-0.15, -0.1) is 0 Å². The van der Waals surface area contributed by atoms with E-state index in [-0.39, 0.29) is 18.8 Å². The number of benzene rings is 2. The van der Waals surface area contributed by atoms with E-state index in [2.05, 4.69) is 17.4 Å². The van der Waals surface area contributed by atoms with Gasteiger partial charge in [0.05, 0.1) is 19.8 Å². The molecule has 0 aliphatic carbocycles. The van der Waals surface area contributed by atoms with Gasteiger partial charge in [-0.2, -0.15) is 0 Å². The minimum absolute atomic E-state index is 0.0273. The molecule has 1 saturated heterocycles.